The fraction of sp³-hybridized carbons (Fsp3) is 1.00. The Kier molecular flexibility index (Phi) is 3.10. The minimum Gasteiger partial charge on any atom is -0.376 e. The molecule has 0 aromatic rings. The second-order valence-corrected chi connectivity index (χ2v) is 6.93. The molecule has 0 aromatic carbocycles. The van der Waals surface area contributed by atoms with Gasteiger partial charge in [0.2, 0.25) is 0 Å². The molecule has 0 aromatic heterocycles. The lowest BCUT2D eigenvalue weighted by atomic mass is 9.54. The van der Waals surface area contributed by atoms with Crippen LogP contribution in [0.25, 0.3) is 0 Å². The molecule has 18 heavy (non-hydrogen) atoms. The van der Waals surface area contributed by atoms with Crippen molar-refractivity contribution in [3.8, 4) is 0 Å². The van der Waals surface area contributed by atoms with Crippen LogP contribution in [0, 0.1) is 23.7 Å². The van der Waals surface area contributed by atoms with Crippen LogP contribution in [0.2, 0.25) is 0 Å². The molecule has 1 N–H and O–H groups in total. The number of ether oxygens (including phenoxy) is 2. The van der Waals surface area contributed by atoms with E-state index in [0.29, 0.717) is 0 Å². The van der Waals surface area contributed by atoms with Crippen molar-refractivity contribution in [1.82, 2.24) is 5.32 Å². The molecule has 5 rings (SSSR count). The van der Waals surface area contributed by atoms with Crippen LogP contribution < -0.4 is 5.32 Å². The monoisotopic (exact) mass is 251 g/mol. The van der Waals surface area contributed by atoms with Crippen molar-refractivity contribution in [2.75, 3.05) is 26.4 Å². The van der Waals surface area contributed by atoms with Gasteiger partial charge in [0.15, 0.2) is 0 Å². The molecule has 1 atom stereocenters. The number of hydrogen-bond donors (Lipinski definition) is 1. The van der Waals surface area contributed by atoms with E-state index in [2.05, 4.69) is 5.32 Å². The summed E-state index contributed by atoms with van der Waals surface area (Å²) in [6.45, 7) is 3.32. The van der Waals surface area contributed by atoms with Crippen LogP contribution in [0.4, 0.5) is 0 Å². The highest BCUT2D eigenvalue weighted by Crippen LogP contribution is 2.53. The first kappa shape index (κ1) is 11.7. The van der Waals surface area contributed by atoms with Crippen molar-refractivity contribution in [3.63, 3.8) is 0 Å². The van der Waals surface area contributed by atoms with Crippen LogP contribution in [0.1, 0.15) is 32.1 Å². The van der Waals surface area contributed by atoms with Crippen molar-refractivity contribution < 1.29 is 9.47 Å². The maximum Gasteiger partial charge on any atom is 0.0933 e. The lowest BCUT2D eigenvalue weighted by molar-refractivity contribution is -0.0918. The normalized spacial score (nSPS) is 50.7. The van der Waals surface area contributed by atoms with Crippen molar-refractivity contribution in [3.05, 3.63) is 0 Å². The molecule has 5 aliphatic rings. The van der Waals surface area contributed by atoms with Crippen molar-refractivity contribution in [1.29, 1.82) is 0 Å². The van der Waals surface area contributed by atoms with Gasteiger partial charge in [-0.25, -0.2) is 0 Å². The quantitative estimate of drug-likeness (QED) is 0.830. The van der Waals surface area contributed by atoms with Gasteiger partial charge in [-0.05, 0) is 55.8 Å². The minimum atomic E-state index is 0.288. The summed E-state index contributed by atoms with van der Waals surface area (Å²) < 4.78 is 11.2. The molecule has 4 aliphatic carbocycles. The average Bonchev–Trinajstić information content (AvgIpc) is 2.38. The molecule has 0 spiro atoms. The first-order chi connectivity index (χ1) is 8.88. The summed E-state index contributed by atoms with van der Waals surface area (Å²) in [6.07, 6.45) is 7.80. The number of rotatable bonds is 3. The highest BCUT2D eigenvalue weighted by Gasteiger charge is 2.47. The molecular formula is C15H25NO2. The summed E-state index contributed by atoms with van der Waals surface area (Å²) in [7, 11) is 0. The highest BCUT2D eigenvalue weighted by atomic mass is 16.6. The van der Waals surface area contributed by atoms with Gasteiger partial charge in [-0.1, -0.05) is 0 Å². The van der Waals surface area contributed by atoms with Crippen LogP contribution in [0.5, 0.6) is 0 Å². The maximum absolute atomic E-state index is 5.73. The predicted octanol–water partition coefficient (Wildman–Crippen LogP) is 1.82. The third kappa shape index (κ3) is 2.10. The molecule has 3 heteroatoms. The molecule has 1 unspecified atom stereocenters. The molecule has 5 fully saturated rings. The Morgan fingerprint density at radius 2 is 1.61 bits per heavy atom. The predicted molar refractivity (Wildman–Crippen MR) is 69.4 cm³/mol. The van der Waals surface area contributed by atoms with Gasteiger partial charge in [0.05, 0.1) is 25.9 Å². The van der Waals surface area contributed by atoms with Gasteiger partial charge >= 0.3 is 0 Å². The second kappa shape index (κ2) is 4.77. The Bertz CT molecular complexity index is 273. The summed E-state index contributed by atoms with van der Waals surface area (Å²) in [5, 5.41) is 3.83. The highest BCUT2D eigenvalue weighted by molar-refractivity contribution is 5.01. The molecule has 4 bridgehead atoms. The minimum absolute atomic E-state index is 0.288. The Hall–Kier alpha value is -0.120. The Morgan fingerprint density at radius 3 is 2.22 bits per heavy atom. The SMILES string of the molecule is C1COC(CNC2C3CC4CC(C3)CC2C4)CO1. The van der Waals surface area contributed by atoms with E-state index < -0.39 is 0 Å². The molecule has 0 radical (unpaired) electrons. The summed E-state index contributed by atoms with van der Waals surface area (Å²) in [5.74, 6) is 4.07. The van der Waals surface area contributed by atoms with E-state index in [9.17, 15) is 0 Å². The Morgan fingerprint density at radius 1 is 0.889 bits per heavy atom. The van der Waals surface area contributed by atoms with Gasteiger partial charge in [-0.2, -0.15) is 0 Å². The lowest BCUT2D eigenvalue weighted by Crippen LogP contribution is -2.56. The van der Waals surface area contributed by atoms with Crippen LogP contribution >= 0.6 is 0 Å². The van der Waals surface area contributed by atoms with Crippen LogP contribution in [0.15, 0.2) is 0 Å². The van der Waals surface area contributed by atoms with E-state index in [1.807, 2.05) is 0 Å². The summed E-state index contributed by atoms with van der Waals surface area (Å²) in [6, 6.07) is 0.781. The molecular weight excluding hydrogens is 226 g/mol. The molecule has 0 amide bonds. The first-order valence-corrected chi connectivity index (χ1v) is 7.81. The van der Waals surface area contributed by atoms with E-state index >= 15 is 0 Å². The molecule has 1 aliphatic heterocycles. The third-order valence-corrected chi connectivity index (χ3v) is 5.69. The van der Waals surface area contributed by atoms with E-state index in [1.54, 1.807) is 6.42 Å². The number of hydrogen-bond acceptors (Lipinski definition) is 3. The largest absolute Gasteiger partial charge is 0.376 e. The fourth-order valence-corrected chi connectivity index (χ4v) is 5.18. The van der Waals surface area contributed by atoms with E-state index in [0.717, 1.165) is 56.1 Å². The van der Waals surface area contributed by atoms with Crippen molar-refractivity contribution in [2.45, 2.75) is 44.2 Å². The lowest BCUT2D eigenvalue weighted by Gasteiger charge is -2.54. The first-order valence-electron chi connectivity index (χ1n) is 7.81. The molecule has 102 valence electrons. The summed E-state index contributed by atoms with van der Waals surface area (Å²) in [4.78, 5) is 0. The van der Waals surface area contributed by atoms with E-state index in [1.165, 1.54) is 25.7 Å². The van der Waals surface area contributed by atoms with E-state index in [-0.39, 0.29) is 6.10 Å². The fourth-order valence-electron chi connectivity index (χ4n) is 5.18. The van der Waals surface area contributed by atoms with Crippen molar-refractivity contribution >= 4 is 0 Å². The zero-order valence-corrected chi connectivity index (χ0v) is 11.1. The van der Waals surface area contributed by atoms with Crippen molar-refractivity contribution in [2.24, 2.45) is 23.7 Å². The standard InChI is InChI=1S/C15H25NO2/c1-2-18-14(9-17-1)8-16-15-12-4-10-3-11(6-12)7-13(15)5-10/h10-16H,1-9H2. The Balaban J connectivity index is 1.34. The Labute approximate surface area is 110 Å². The molecule has 1 saturated heterocycles. The maximum atomic E-state index is 5.73. The zero-order valence-electron chi connectivity index (χ0n) is 11.1. The summed E-state index contributed by atoms with van der Waals surface area (Å²) in [5.41, 5.74) is 0. The molecule has 4 saturated carbocycles. The number of nitrogens with one attached hydrogen (secondary N) is 1. The van der Waals surface area contributed by atoms with Gasteiger partial charge < -0.3 is 14.8 Å². The van der Waals surface area contributed by atoms with Gasteiger partial charge in [0.1, 0.15) is 0 Å². The van der Waals surface area contributed by atoms with Gasteiger partial charge in [0, 0.05) is 12.6 Å². The zero-order chi connectivity index (χ0) is 11.9. The van der Waals surface area contributed by atoms with Gasteiger partial charge in [0.25, 0.3) is 0 Å². The average molecular weight is 251 g/mol. The topological polar surface area (TPSA) is 30.5 Å². The summed E-state index contributed by atoms with van der Waals surface area (Å²) >= 11 is 0. The van der Waals surface area contributed by atoms with Crippen LogP contribution in [0.3, 0.4) is 0 Å². The van der Waals surface area contributed by atoms with Gasteiger partial charge in [-0.3, -0.25) is 0 Å². The second-order valence-electron chi connectivity index (χ2n) is 6.93. The van der Waals surface area contributed by atoms with Gasteiger partial charge in [-0.15, -0.1) is 0 Å². The molecule has 3 nitrogen and oxygen atoms in total. The molecule has 1 heterocycles. The van der Waals surface area contributed by atoms with E-state index in [4.69, 9.17) is 9.47 Å². The van der Waals surface area contributed by atoms with Crippen LogP contribution in [-0.2, 0) is 9.47 Å². The smallest absolute Gasteiger partial charge is 0.0933 e. The third-order valence-electron chi connectivity index (χ3n) is 5.69. The van der Waals surface area contributed by atoms with Crippen LogP contribution in [-0.4, -0.2) is 38.5 Å².